The molecule has 0 radical (unpaired) electrons. The zero-order chi connectivity index (χ0) is 10.8. The molecule has 0 aromatic heterocycles. The molecule has 0 N–H and O–H groups in total. The van der Waals surface area contributed by atoms with Crippen molar-refractivity contribution in [1.82, 2.24) is 0 Å². The van der Waals surface area contributed by atoms with Gasteiger partial charge in [0, 0.05) is 5.56 Å². The maximum Gasteiger partial charge on any atom is 0.126 e. The van der Waals surface area contributed by atoms with Crippen molar-refractivity contribution in [3.05, 3.63) is 23.3 Å². The van der Waals surface area contributed by atoms with Crippen LogP contribution in [-0.4, -0.2) is 13.7 Å². The summed E-state index contributed by atoms with van der Waals surface area (Å²) in [6, 6.07) is 4.20. The predicted molar refractivity (Wildman–Crippen MR) is 60.9 cm³/mol. The zero-order valence-electron chi connectivity index (χ0n) is 9.67. The van der Waals surface area contributed by atoms with Crippen LogP contribution in [0.4, 0.5) is 0 Å². The summed E-state index contributed by atoms with van der Waals surface area (Å²) in [6.45, 7) is 5.12. The van der Waals surface area contributed by atoms with Gasteiger partial charge >= 0.3 is 0 Å². The van der Waals surface area contributed by atoms with Crippen molar-refractivity contribution < 1.29 is 9.47 Å². The lowest BCUT2D eigenvalue weighted by Crippen LogP contribution is -2.15. The molecule has 15 heavy (non-hydrogen) atoms. The average Bonchev–Trinajstić information content (AvgIpc) is 2.26. The molecular formula is C13H18O2. The van der Waals surface area contributed by atoms with Crippen LogP contribution < -0.4 is 9.47 Å². The molecule has 2 nitrogen and oxygen atoms in total. The molecule has 0 saturated heterocycles. The Morgan fingerprint density at radius 2 is 2.27 bits per heavy atom. The summed E-state index contributed by atoms with van der Waals surface area (Å²) in [5.41, 5.74) is 2.46. The highest BCUT2D eigenvalue weighted by molar-refractivity contribution is 5.50. The Kier molecular flexibility index (Phi) is 2.85. The smallest absolute Gasteiger partial charge is 0.126 e. The number of hydrogen-bond donors (Lipinski definition) is 0. The highest BCUT2D eigenvalue weighted by Crippen LogP contribution is 2.42. The third-order valence-electron chi connectivity index (χ3n) is 3.09. The van der Waals surface area contributed by atoms with E-state index in [0.29, 0.717) is 5.92 Å². The fourth-order valence-corrected chi connectivity index (χ4v) is 2.29. The average molecular weight is 206 g/mol. The van der Waals surface area contributed by atoms with Crippen LogP contribution in [0.1, 0.15) is 36.8 Å². The number of methoxy groups -OCH3 is 1. The molecule has 0 saturated carbocycles. The summed E-state index contributed by atoms with van der Waals surface area (Å²) in [5.74, 6) is 2.59. The van der Waals surface area contributed by atoms with Crippen molar-refractivity contribution in [2.24, 2.45) is 0 Å². The van der Waals surface area contributed by atoms with E-state index in [-0.39, 0.29) is 0 Å². The number of fused-ring (bicyclic) bond motifs is 1. The number of benzene rings is 1. The van der Waals surface area contributed by atoms with Crippen LogP contribution in [0.3, 0.4) is 0 Å². The van der Waals surface area contributed by atoms with Gasteiger partial charge in [0.05, 0.1) is 13.7 Å². The molecule has 2 heteroatoms. The van der Waals surface area contributed by atoms with Crippen molar-refractivity contribution in [3.63, 3.8) is 0 Å². The summed E-state index contributed by atoms with van der Waals surface area (Å²) >= 11 is 0. The number of hydrogen-bond acceptors (Lipinski definition) is 2. The first-order valence-corrected chi connectivity index (χ1v) is 5.57. The van der Waals surface area contributed by atoms with Gasteiger partial charge in [-0.15, -0.1) is 0 Å². The Morgan fingerprint density at radius 3 is 2.93 bits per heavy atom. The summed E-state index contributed by atoms with van der Waals surface area (Å²) in [5, 5.41) is 0. The molecule has 0 fully saturated rings. The predicted octanol–water partition coefficient (Wildman–Crippen LogP) is 3.28. The first-order chi connectivity index (χ1) is 7.26. The first kappa shape index (κ1) is 10.3. The van der Waals surface area contributed by atoms with Gasteiger partial charge in [0.15, 0.2) is 0 Å². The molecule has 1 atom stereocenters. The highest BCUT2D eigenvalue weighted by atomic mass is 16.5. The molecule has 82 valence electrons. The first-order valence-electron chi connectivity index (χ1n) is 5.57. The van der Waals surface area contributed by atoms with Gasteiger partial charge in [-0.3, -0.25) is 0 Å². The minimum Gasteiger partial charge on any atom is -0.496 e. The van der Waals surface area contributed by atoms with E-state index in [9.17, 15) is 0 Å². The van der Waals surface area contributed by atoms with E-state index < -0.39 is 0 Å². The zero-order valence-corrected chi connectivity index (χ0v) is 9.67. The molecule has 1 aliphatic heterocycles. The normalized spacial score (nSPS) is 19.3. The second-order valence-corrected chi connectivity index (χ2v) is 4.12. The van der Waals surface area contributed by atoms with Gasteiger partial charge in [-0.05, 0) is 43.4 Å². The Morgan fingerprint density at radius 1 is 1.47 bits per heavy atom. The Balaban J connectivity index is 2.52. The number of ether oxygens (including phenoxy) is 2. The molecule has 2 rings (SSSR count). The summed E-state index contributed by atoms with van der Waals surface area (Å²) in [7, 11) is 1.73. The van der Waals surface area contributed by atoms with Gasteiger partial charge in [0.25, 0.3) is 0 Å². The number of rotatable bonds is 2. The van der Waals surface area contributed by atoms with Crippen LogP contribution in [0.5, 0.6) is 11.5 Å². The van der Waals surface area contributed by atoms with Crippen molar-refractivity contribution in [3.8, 4) is 11.5 Å². The van der Waals surface area contributed by atoms with Gasteiger partial charge in [0.1, 0.15) is 11.5 Å². The molecule has 0 bridgehead atoms. The third kappa shape index (κ3) is 1.81. The van der Waals surface area contributed by atoms with Gasteiger partial charge in [-0.2, -0.15) is 0 Å². The largest absolute Gasteiger partial charge is 0.496 e. The monoisotopic (exact) mass is 206 g/mol. The Labute approximate surface area is 91.2 Å². The van der Waals surface area contributed by atoms with E-state index in [2.05, 4.69) is 26.0 Å². The molecular weight excluding hydrogens is 188 g/mol. The highest BCUT2D eigenvalue weighted by Gasteiger charge is 2.24. The molecule has 0 aliphatic carbocycles. The maximum atomic E-state index is 5.70. The molecule has 0 unspecified atom stereocenters. The van der Waals surface area contributed by atoms with E-state index in [1.165, 1.54) is 11.1 Å². The van der Waals surface area contributed by atoms with Crippen LogP contribution in [0.2, 0.25) is 0 Å². The second kappa shape index (κ2) is 4.13. The molecule has 1 heterocycles. The fourth-order valence-electron chi connectivity index (χ4n) is 2.29. The number of aryl methyl sites for hydroxylation is 1. The Hall–Kier alpha value is -1.18. The molecule has 1 aliphatic rings. The van der Waals surface area contributed by atoms with Crippen LogP contribution in [0.25, 0.3) is 0 Å². The van der Waals surface area contributed by atoms with E-state index in [1.54, 1.807) is 7.11 Å². The minimum atomic E-state index is 0.587. The third-order valence-corrected chi connectivity index (χ3v) is 3.09. The van der Waals surface area contributed by atoms with Crippen LogP contribution >= 0.6 is 0 Å². The second-order valence-electron chi connectivity index (χ2n) is 4.12. The maximum absolute atomic E-state index is 5.70. The molecule has 1 aromatic carbocycles. The fraction of sp³-hybridized carbons (Fsp3) is 0.538. The van der Waals surface area contributed by atoms with E-state index >= 15 is 0 Å². The lowest BCUT2D eigenvalue weighted by Gasteiger charge is -2.27. The van der Waals surface area contributed by atoms with Crippen molar-refractivity contribution >= 4 is 0 Å². The van der Waals surface area contributed by atoms with Crippen LogP contribution in [0.15, 0.2) is 12.1 Å². The summed E-state index contributed by atoms with van der Waals surface area (Å²) in [4.78, 5) is 0. The standard InChI is InChI=1S/C13H18O2/c1-4-10-5-6-15-12-8-9(2)7-11(14-3)13(10)12/h7-8,10H,4-6H2,1-3H3/t10-/m1/s1. The quantitative estimate of drug-likeness (QED) is 0.739. The van der Waals surface area contributed by atoms with Crippen LogP contribution in [0, 0.1) is 6.92 Å². The van der Waals surface area contributed by atoms with E-state index in [1.807, 2.05) is 0 Å². The minimum absolute atomic E-state index is 0.587. The molecule has 1 aromatic rings. The van der Waals surface area contributed by atoms with Gasteiger partial charge < -0.3 is 9.47 Å². The van der Waals surface area contributed by atoms with E-state index in [0.717, 1.165) is 30.9 Å². The lowest BCUT2D eigenvalue weighted by molar-refractivity contribution is 0.258. The van der Waals surface area contributed by atoms with Crippen molar-refractivity contribution in [2.75, 3.05) is 13.7 Å². The Bertz CT molecular complexity index is 341. The van der Waals surface area contributed by atoms with Gasteiger partial charge in [-0.25, -0.2) is 0 Å². The molecule has 0 amide bonds. The van der Waals surface area contributed by atoms with Gasteiger partial charge in [-0.1, -0.05) is 6.92 Å². The van der Waals surface area contributed by atoms with E-state index in [4.69, 9.17) is 9.47 Å². The topological polar surface area (TPSA) is 18.5 Å². The molecule has 0 spiro atoms. The SMILES string of the molecule is CC[C@@H]1CCOc2cc(C)cc(OC)c21. The lowest BCUT2D eigenvalue weighted by atomic mass is 9.89. The summed E-state index contributed by atoms with van der Waals surface area (Å²) < 4.78 is 11.1. The van der Waals surface area contributed by atoms with Crippen molar-refractivity contribution in [2.45, 2.75) is 32.6 Å². The van der Waals surface area contributed by atoms with Crippen molar-refractivity contribution in [1.29, 1.82) is 0 Å². The van der Waals surface area contributed by atoms with Crippen LogP contribution in [-0.2, 0) is 0 Å². The summed E-state index contributed by atoms with van der Waals surface area (Å²) in [6.07, 6.45) is 2.25. The van der Waals surface area contributed by atoms with Gasteiger partial charge in [0.2, 0.25) is 0 Å².